The minimum absolute atomic E-state index is 0.476. The first-order valence-electron chi connectivity index (χ1n) is 15.3. The predicted molar refractivity (Wildman–Crippen MR) is 185 cm³/mol. The average Bonchev–Trinajstić information content (AvgIpc) is 3.81. The molecule has 4 aromatic carbocycles. The molecule has 11 heteroatoms. The predicted octanol–water partition coefficient (Wildman–Crippen LogP) is 8.57. The Hall–Kier alpha value is -5.42. The molecule has 0 radical (unpaired) electrons. The monoisotopic (exact) mass is 668 g/mol. The minimum atomic E-state index is 0.476. The van der Waals surface area contributed by atoms with Crippen molar-refractivity contribution in [2.24, 2.45) is 0 Å². The Bertz CT molecular complexity index is 1950. The van der Waals surface area contributed by atoms with E-state index in [-0.39, 0.29) is 0 Å². The van der Waals surface area contributed by atoms with E-state index < -0.39 is 0 Å². The lowest BCUT2D eigenvalue weighted by molar-refractivity contribution is 0.252. The summed E-state index contributed by atoms with van der Waals surface area (Å²) in [5.74, 6) is 4.72. The van der Waals surface area contributed by atoms with E-state index in [9.17, 15) is 0 Å². The summed E-state index contributed by atoms with van der Waals surface area (Å²) >= 11 is 1.66. The Morgan fingerprint density at radius 3 is 1.90 bits per heavy atom. The van der Waals surface area contributed by atoms with Gasteiger partial charge in [-0.2, -0.15) is 0 Å². The molecule has 0 unspecified atom stereocenters. The third-order valence-corrected chi connectivity index (χ3v) is 8.76. The molecule has 6 rings (SSSR count). The Morgan fingerprint density at radius 1 is 0.583 bits per heavy atom. The van der Waals surface area contributed by atoms with E-state index in [1.165, 1.54) is 0 Å². The second-order valence-electron chi connectivity index (χ2n) is 10.6. The molecule has 0 aliphatic carbocycles. The number of hydrogen-bond donors (Lipinski definition) is 0. The zero-order valence-corrected chi connectivity index (χ0v) is 28.2. The number of rotatable bonds is 15. The van der Waals surface area contributed by atoms with E-state index in [2.05, 4.69) is 11.2 Å². The van der Waals surface area contributed by atoms with Gasteiger partial charge in [0.1, 0.15) is 10.7 Å². The molecule has 0 N–H and O–H groups in total. The van der Waals surface area contributed by atoms with Crippen LogP contribution in [0.1, 0.15) is 12.8 Å². The molecule has 10 nitrogen and oxygen atoms in total. The second-order valence-corrected chi connectivity index (χ2v) is 11.6. The maximum atomic E-state index is 6.13. The molecule has 48 heavy (non-hydrogen) atoms. The number of nitrogens with zero attached hydrogens (tertiary/aromatic N) is 2. The Morgan fingerprint density at radius 2 is 1.21 bits per heavy atom. The first kappa shape index (κ1) is 32.5. The van der Waals surface area contributed by atoms with Gasteiger partial charge in [0, 0.05) is 22.8 Å². The molecule has 2 aromatic heterocycles. The largest absolute Gasteiger partial charge is 0.493 e. The van der Waals surface area contributed by atoms with Crippen molar-refractivity contribution in [2.75, 3.05) is 48.8 Å². The van der Waals surface area contributed by atoms with Gasteiger partial charge in [0.15, 0.2) is 40.3 Å². The highest BCUT2D eigenvalue weighted by Crippen LogP contribution is 2.42. The van der Waals surface area contributed by atoms with E-state index in [4.69, 9.17) is 42.7 Å². The molecule has 0 atom stereocenters. The summed E-state index contributed by atoms with van der Waals surface area (Å²) in [6.07, 6.45) is 1.55. The van der Waals surface area contributed by atoms with Gasteiger partial charge in [0.25, 0.3) is 0 Å². The van der Waals surface area contributed by atoms with Gasteiger partial charge in [-0.1, -0.05) is 17.3 Å². The van der Waals surface area contributed by atoms with Crippen molar-refractivity contribution in [1.82, 2.24) is 10.1 Å². The van der Waals surface area contributed by atoms with Crippen molar-refractivity contribution in [3.05, 3.63) is 78.9 Å². The topological polar surface area (TPSA) is 104 Å². The number of hydrogen-bond acceptors (Lipinski definition) is 11. The molecule has 0 aliphatic rings. The SMILES string of the molecule is COc1cc(-c2nc3ccccc3s2)ccc1OCCCCOc1cc(-c2cc(-c3cc(OC)c(OC)c(OC)c3)no2)ccc1OC. The highest BCUT2D eigenvalue weighted by atomic mass is 32.1. The van der Waals surface area contributed by atoms with Crippen molar-refractivity contribution < 1.29 is 37.7 Å². The van der Waals surface area contributed by atoms with Crippen LogP contribution in [0, 0.1) is 0 Å². The van der Waals surface area contributed by atoms with Gasteiger partial charge in [0.2, 0.25) is 5.75 Å². The summed E-state index contributed by atoms with van der Waals surface area (Å²) in [7, 11) is 7.97. The van der Waals surface area contributed by atoms with E-state index >= 15 is 0 Å². The lowest BCUT2D eigenvalue weighted by Gasteiger charge is -2.13. The molecule has 0 aliphatic heterocycles. The van der Waals surface area contributed by atoms with Crippen LogP contribution in [-0.2, 0) is 0 Å². The van der Waals surface area contributed by atoms with Crippen molar-refractivity contribution in [3.8, 4) is 73.4 Å². The van der Waals surface area contributed by atoms with E-state index in [1.54, 1.807) is 46.9 Å². The smallest absolute Gasteiger partial charge is 0.203 e. The molecular weight excluding hydrogens is 632 g/mol. The van der Waals surface area contributed by atoms with Gasteiger partial charge in [-0.05, 0) is 73.5 Å². The van der Waals surface area contributed by atoms with E-state index in [1.807, 2.05) is 72.8 Å². The van der Waals surface area contributed by atoms with Crippen LogP contribution in [0.5, 0.6) is 40.2 Å². The lowest BCUT2D eigenvalue weighted by Crippen LogP contribution is -2.04. The average molecular weight is 669 g/mol. The molecular formula is C37H36N2O8S. The number of ether oxygens (including phenoxy) is 7. The minimum Gasteiger partial charge on any atom is -0.493 e. The zero-order valence-electron chi connectivity index (χ0n) is 27.4. The third-order valence-electron chi connectivity index (χ3n) is 7.68. The van der Waals surface area contributed by atoms with E-state index in [0.29, 0.717) is 64.9 Å². The zero-order chi connectivity index (χ0) is 33.5. The van der Waals surface area contributed by atoms with Gasteiger partial charge in [0.05, 0.1) is 59.0 Å². The van der Waals surface area contributed by atoms with Crippen LogP contribution in [0.15, 0.2) is 83.4 Å². The summed E-state index contributed by atoms with van der Waals surface area (Å²) in [6, 6.07) is 25.2. The molecule has 0 bridgehead atoms. The molecule has 0 fully saturated rings. The fraction of sp³-hybridized carbons (Fsp3) is 0.243. The molecule has 0 spiro atoms. The van der Waals surface area contributed by atoms with Gasteiger partial charge in [-0.25, -0.2) is 4.98 Å². The van der Waals surface area contributed by atoms with Crippen LogP contribution < -0.4 is 33.2 Å². The standard InChI is InChI=1S/C37H36N2O8S/c1-40-28-14-12-23(30-22-27(39-47-30)25-20-33(42-3)36(44-5)34(21-25)43-4)18-32(28)46-17-9-8-16-45-29-15-13-24(19-31(29)41-2)37-38-26-10-6-7-11-35(26)48-37/h6-7,10-15,18-22H,8-9,16-17H2,1-5H3. The van der Waals surface area contributed by atoms with E-state index in [0.717, 1.165) is 44.8 Å². The molecule has 0 amide bonds. The fourth-order valence-corrected chi connectivity index (χ4v) is 6.16. The quantitative estimate of drug-likeness (QED) is 0.0989. The number of thiazole rings is 1. The van der Waals surface area contributed by atoms with Gasteiger partial charge >= 0.3 is 0 Å². The van der Waals surface area contributed by atoms with Gasteiger partial charge < -0.3 is 37.7 Å². The summed E-state index contributed by atoms with van der Waals surface area (Å²) in [4.78, 5) is 4.75. The maximum absolute atomic E-state index is 6.13. The Labute approximate surface area is 282 Å². The van der Waals surface area contributed by atoms with Crippen LogP contribution >= 0.6 is 11.3 Å². The van der Waals surface area contributed by atoms with Crippen molar-refractivity contribution in [1.29, 1.82) is 0 Å². The normalized spacial score (nSPS) is 10.9. The van der Waals surface area contributed by atoms with Crippen molar-refractivity contribution >= 4 is 21.6 Å². The number of aromatic nitrogens is 2. The number of fused-ring (bicyclic) bond motifs is 1. The van der Waals surface area contributed by atoms with Crippen LogP contribution in [0.25, 0.3) is 43.4 Å². The lowest BCUT2D eigenvalue weighted by atomic mass is 10.1. The van der Waals surface area contributed by atoms with Crippen molar-refractivity contribution in [3.63, 3.8) is 0 Å². The number of methoxy groups -OCH3 is 5. The first-order chi connectivity index (χ1) is 23.5. The van der Waals surface area contributed by atoms with Gasteiger partial charge in [-0.15, -0.1) is 11.3 Å². The molecule has 0 saturated carbocycles. The molecule has 2 heterocycles. The van der Waals surface area contributed by atoms with Crippen molar-refractivity contribution in [2.45, 2.75) is 12.8 Å². The van der Waals surface area contributed by atoms with Crippen LogP contribution in [0.3, 0.4) is 0 Å². The molecule has 6 aromatic rings. The second kappa shape index (κ2) is 15.0. The maximum Gasteiger partial charge on any atom is 0.203 e. The highest BCUT2D eigenvalue weighted by Gasteiger charge is 2.18. The highest BCUT2D eigenvalue weighted by molar-refractivity contribution is 7.21. The first-order valence-corrected chi connectivity index (χ1v) is 16.1. The van der Waals surface area contributed by atoms with Crippen LogP contribution in [0.4, 0.5) is 0 Å². The molecule has 248 valence electrons. The van der Waals surface area contributed by atoms with Crippen LogP contribution in [-0.4, -0.2) is 58.9 Å². The number of para-hydroxylation sites is 1. The van der Waals surface area contributed by atoms with Crippen LogP contribution in [0.2, 0.25) is 0 Å². The number of benzene rings is 4. The summed E-state index contributed by atoms with van der Waals surface area (Å²) in [5.41, 5.74) is 4.15. The number of unbranched alkanes of at least 4 members (excludes halogenated alkanes) is 1. The summed E-state index contributed by atoms with van der Waals surface area (Å²) in [5, 5.41) is 5.22. The fourth-order valence-electron chi connectivity index (χ4n) is 5.20. The summed E-state index contributed by atoms with van der Waals surface area (Å²) in [6.45, 7) is 0.989. The third kappa shape index (κ3) is 6.96. The molecule has 0 saturated heterocycles. The Balaban J connectivity index is 1.05. The summed E-state index contributed by atoms with van der Waals surface area (Å²) < 4.78 is 46.7. The van der Waals surface area contributed by atoms with Gasteiger partial charge in [-0.3, -0.25) is 0 Å². The Kier molecular flexibility index (Phi) is 10.2.